The van der Waals surface area contributed by atoms with Gasteiger partial charge in [-0.05, 0) is 36.2 Å². The van der Waals surface area contributed by atoms with E-state index in [2.05, 4.69) is 0 Å². The topological polar surface area (TPSA) is 35.2 Å². The summed E-state index contributed by atoms with van der Waals surface area (Å²) in [5, 5.41) is 0. The van der Waals surface area contributed by atoms with Crippen LogP contribution in [0.2, 0.25) is 0 Å². The molecule has 0 spiro atoms. The molecule has 2 aromatic carbocycles. The fraction of sp³-hybridized carbons (Fsp3) is 0.200. The molecule has 2 aromatic rings. The molecule has 0 saturated carbocycles. The third kappa shape index (κ3) is 3.08. The first-order valence-electron chi connectivity index (χ1n) is 5.86. The minimum absolute atomic E-state index is 0.213. The molecular weight excluding hydrogens is 229 g/mol. The van der Waals surface area contributed by atoms with Crippen LogP contribution in [0.4, 0.5) is 4.39 Å². The number of aryl methyl sites for hydroxylation is 1. The molecule has 0 saturated heterocycles. The zero-order valence-corrected chi connectivity index (χ0v) is 10.3. The molecule has 0 radical (unpaired) electrons. The van der Waals surface area contributed by atoms with Crippen molar-refractivity contribution in [1.82, 2.24) is 0 Å². The van der Waals surface area contributed by atoms with Gasteiger partial charge in [0.15, 0.2) is 0 Å². The normalized spacial score (nSPS) is 12.2. The molecule has 0 bridgehead atoms. The van der Waals surface area contributed by atoms with E-state index in [0.717, 1.165) is 11.3 Å². The number of hydrogen-bond acceptors (Lipinski definition) is 2. The van der Waals surface area contributed by atoms with Crippen LogP contribution in [0, 0.1) is 12.7 Å². The average molecular weight is 245 g/mol. The Morgan fingerprint density at radius 1 is 1.17 bits per heavy atom. The van der Waals surface area contributed by atoms with Crippen LogP contribution in [0.1, 0.15) is 17.2 Å². The maximum atomic E-state index is 13.1. The van der Waals surface area contributed by atoms with E-state index in [1.54, 1.807) is 19.1 Å². The molecular formula is C15H16FNO. The van der Waals surface area contributed by atoms with Crippen molar-refractivity contribution in [2.45, 2.75) is 13.0 Å². The first-order valence-corrected chi connectivity index (χ1v) is 5.86. The van der Waals surface area contributed by atoms with Crippen molar-refractivity contribution in [3.63, 3.8) is 0 Å². The Kier molecular flexibility index (Phi) is 3.95. The second-order valence-electron chi connectivity index (χ2n) is 4.24. The van der Waals surface area contributed by atoms with Crippen molar-refractivity contribution in [2.24, 2.45) is 5.73 Å². The molecule has 2 nitrogen and oxygen atoms in total. The van der Waals surface area contributed by atoms with Crippen LogP contribution in [0.25, 0.3) is 0 Å². The molecule has 0 amide bonds. The number of halogens is 1. The Morgan fingerprint density at radius 3 is 2.56 bits per heavy atom. The summed E-state index contributed by atoms with van der Waals surface area (Å²) >= 11 is 0. The molecule has 3 heteroatoms. The molecule has 0 fully saturated rings. The number of para-hydroxylation sites is 1. The fourth-order valence-electron chi connectivity index (χ4n) is 1.70. The maximum Gasteiger partial charge on any atom is 0.126 e. The summed E-state index contributed by atoms with van der Waals surface area (Å²) in [5.41, 5.74) is 7.49. The smallest absolute Gasteiger partial charge is 0.126 e. The largest absolute Gasteiger partial charge is 0.492 e. The minimum Gasteiger partial charge on any atom is -0.492 e. The van der Waals surface area contributed by atoms with Crippen molar-refractivity contribution >= 4 is 0 Å². The van der Waals surface area contributed by atoms with Gasteiger partial charge in [0.25, 0.3) is 0 Å². The zero-order chi connectivity index (χ0) is 13.0. The number of benzene rings is 2. The van der Waals surface area contributed by atoms with Gasteiger partial charge in [0, 0.05) is 0 Å². The van der Waals surface area contributed by atoms with Crippen molar-refractivity contribution in [3.05, 3.63) is 65.5 Å². The van der Waals surface area contributed by atoms with Gasteiger partial charge < -0.3 is 10.5 Å². The summed E-state index contributed by atoms with van der Waals surface area (Å²) in [6.45, 7) is 2.10. The summed E-state index contributed by atoms with van der Waals surface area (Å²) in [7, 11) is 0. The highest BCUT2D eigenvalue weighted by Crippen LogP contribution is 2.17. The molecule has 1 unspecified atom stereocenters. The molecule has 0 aromatic heterocycles. The van der Waals surface area contributed by atoms with Gasteiger partial charge in [0.2, 0.25) is 0 Å². The number of nitrogens with two attached hydrogens (primary N) is 1. The third-order valence-electron chi connectivity index (χ3n) is 2.78. The lowest BCUT2D eigenvalue weighted by Crippen LogP contribution is -2.19. The Morgan fingerprint density at radius 2 is 1.89 bits per heavy atom. The summed E-state index contributed by atoms with van der Waals surface area (Å²) in [5.74, 6) is 0.571. The van der Waals surface area contributed by atoms with Crippen LogP contribution in [0.5, 0.6) is 5.75 Å². The summed E-state index contributed by atoms with van der Waals surface area (Å²) < 4.78 is 18.7. The quantitative estimate of drug-likeness (QED) is 0.897. The highest BCUT2D eigenvalue weighted by Gasteiger charge is 2.08. The predicted molar refractivity (Wildman–Crippen MR) is 70.0 cm³/mol. The lowest BCUT2D eigenvalue weighted by molar-refractivity contribution is 0.290. The Labute approximate surface area is 106 Å². The van der Waals surface area contributed by atoms with Gasteiger partial charge in [0.1, 0.15) is 18.2 Å². The molecule has 0 aliphatic heterocycles. The van der Waals surface area contributed by atoms with Gasteiger partial charge in [-0.2, -0.15) is 0 Å². The molecule has 1 atom stereocenters. The SMILES string of the molecule is Cc1cc(C(N)COc2ccccc2)ccc1F. The number of ether oxygens (including phenoxy) is 1. The van der Waals surface area contributed by atoms with Crippen LogP contribution < -0.4 is 10.5 Å². The van der Waals surface area contributed by atoms with Gasteiger partial charge >= 0.3 is 0 Å². The van der Waals surface area contributed by atoms with Gasteiger partial charge in [-0.3, -0.25) is 0 Å². The van der Waals surface area contributed by atoms with Crippen LogP contribution in [-0.2, 0) is 0 Å². The summed E-state index contributed by atoms with van der Waals surface area (Å²) in [6, 6.07) is 14.1. The Bertz CT molecular complexity index is 513. The van der Waals surface area contributed by atoms with Crippen molar-refractivity contribution in [2.75, 3.05) is 6.61 Å². The minimum atomic E-state index is -0.260. The Hall–Kier alpha value is -1.87. The molecule has 0 aliphatic rings. The Balaban J connectivity index is 1.99. The van der Waals surface area contributed by atoms with Gasteiger partial charge in [-0.1, -0.05) is 30.3 Å². The first-order chi connectivity index (χ1) is 8.66. The zero-order valence-electron chi connectivity index (χ0n) is 10.3. The first kappa shape index (κ1) is 12.6. The van der Waals surface area contributed by atoms with Gasteiger partial charge in [-0.15, -0.1) is 0 Å². The van der Waals surface area contributed by atoms with E-state index >= 15 is 0 Å². The van der Waals surface area contributed by atoms with E-state index in [0.29, 0.717) is 12.2 Å². The van der Waals surface area contributed by atoms with E-state index in [4.69, 9.17) is 10.5 Å². The van der Waals surface area contributed by atoms with Crippen LogP contribution in [0.15, 0.2) is 48.5 Å². The van der Waals surface area contributed by atoms with E-state index in [9.17, 15) is 4.39 Å². The second kappa shape index (κ2) is 5.65. The molecule has 2 N–H and O–H groups in total. The standard InChI is InChI=1S/C15H16FNO/c1-11-9-12(7-8-14(11)16)15(17)10-18-13-5-3-2-4-6-13/h2-9,15H,10,17H2,1H3. The average Bonchev–Trinajstić information content (AvgIpc) is 2.40. The monoisotopic (exact) mass is 245 g/mol. The van der Waals surface area contributed by atoms with Crippen molar-refractivity contribution in [1.29, 1.82) is 0 Å². The molecule has 0 heterocycles. The van der Waals surface area contributed by atoms with E-state index in [1.165, 1.54) is 6.07 Å². The van der Waals surface area contributed by atoms with E-state index in [-0.39, 0.29) is 11.9 Å². The lowest BCUT2D eigenvalue weighted by atomic mass is 10.1. The number of hydrogen-bond donors (Lipinski definition) is 1. The van der Waals surface area contributed by atoms with Crippen LogP contribution in [0.3, 0.4) is 0 Å². The summed E-state index contributed by atoms with van der Waals surface area (Å²) in [4.78, 5) is 0. The van der Waals surface area contributed by atoms with E-state index in [1.807, 2.05) is 30.3 Å². The van der Waals surface area contributed by atoms with Gasteiger partial charge in [0.05, 0.1) is 6.04 Å². The third-order valence-corrected chi connectivity index (χ3v) is 2.78. The van der Waals surface area contributed by atoms with Crippen molar-refractivity contribution < 1.29 is 9.13 Å². The highest BCUT2D eigenvalue weighted by atomic mass is 19.1. The van der Waals surface area contributed by atoms with Crippen molar-refractivity contribution in [3.8, 4) is 5.75 Å². The highest BCUT2D eigenvalue weighted by molar-refractivity contribution is 5.27. The predicted octanol–water partition coefficient (Wildman–Crippen LogP) is 3.21. The second-order valence-corrected chi connectivity index (χ2v) is 4.24. The summed E-state index contributed by atoms with van der Waals surface area (Å²) in [6.07, 6.45) is 0. The fourth-order valence-corrected chi connectivity index (χ4v) is 1.70. The molecule has 0 aliphatic carbocycles. The lowest BCUT2D eigenvalue weighted by Gasteiger charge is -2.14. The van der Waals surface area contributed by atoms with Gasteiger partial charge in [-0.25, -0.2) is 4.39 Å². The maximum absolute atomic E-state index is 13.1. The van der Waals surface area contributed by atoms with Crippen LogP contribution >= 0.6 is 0 Å². The van der Waals surface area contributed by atoms with Crippen LogP contribution in [-0.4, -0.2) is 6.61 Å². The number of rotatable bonds is 4. The molecule has 94 valence electrons. The molecule has 18 heavy (non-hydrogen) atoms. The molecule has 2 rings (SSSR count). The van der Waals surface area contributed by atoms with E-state index < -0.39 is 0 Å².